The lowest BCUT2D eigenvalue weighted by Gasteiger charge is -2.11. The molecule has 0 spiro atoms. The summed E-state index contributed by atoms with van der Waals surface area (Å²) in [6, 6.07) is 1.58. The fraction of sp³-hybridized carbons (Fsp3) is 0.455. The highest BCUT2D eigenvalue weighted by Crippen LogP contribution is 2.13. The van der Waals surface area contributed by atoms with Crippen LogP contribution in [0.1, 0.15) is 16.8 Å². The first kappa shape index (κ1) is 13.2. The molecular formula is C11H19N5O. The van der Waals surface area contributed by atoms with Crippen molar-refractivity contribution in [2.45, 2.75) is 6.42 Å². The van der Waals surface area contributed by atoms with E-state index < -0.39 is 5.91 Å². The lowest BCUT2D eigenvalue weighted by molar-refractivity contribution is 0.100. The quantitative estimate of drug-likeness (QED) is 0.611. The van der Waals surface area contributed by atoms with Gasteiger partial charge in [-0.3, -0.25) is 4.79 Å². The standard InChI is InChI=1S/C11H19N5O/c1-16(2)5-3-4-14-10-6-8(11(13)17)9(12)7-15-10/h6-7H,3-5,12H2,1-2H3,(H2,13,17)(H,14,15). The predicted molar refractivity (Wildman–Crippen MR) is 68.8 cm³/mol. The second-order valence-electron chi connectivity index (χ2n) is 4.10. The van der Waals surface area contributed by atoms with Crippen molar-refractivity contribution in [3.63, 3.8) is 0 Å². The molecule has 0 aliphatic heterocycles. The number of nitrogens with one attached hydrogen (secondary N) is 1. The summed E-state index contributed by atoms with van der Waals surface area (Å²) in [7, 11) is 4.04. The average Bonchev–Trinajstić information content (AvgIpc) is 2.25. The largest absolute Gasteiger partial charge is 0.397 e. The van der Waals surface area contributed by atoms with Gasteiger partial charge in [0, 0.05) is 6.54 Å². The van der Waals surface area contributed by atoms with Crippen LogP contribution in [0.15, 0.2) is 12.3 Å². The third-order valence-corrected chi connectivity index (χ3v) is 2.29. The van der Waals surface area contributed by atoms with Crippen molar-refractivity contribution >= 4 is 17.4 Å². The number of rotatable bonds is 6. The summed E-state index contributed by atoms with van der Waals surface area (Å²) in [4.78, 5) is 17.3. The van der Waals surface area contributed by atoms with Gasteiger partial charge in [0.2, 0.25) is 0 Å². The molecule has 6 nitrogen and oxygen atoms in total. The van der Waals surface area contributed by atoms with E-state index in [1.807, 2.05) is 14.1 Å². The van der Waals surface area contributed by atoms with Crippen LogP contribution >= 0.6 is 0 Å². The molecule has 1 rings (SSSR count). The molecule has 17 heavy (non-hydrogen) atoms. The summed E-state index contributed by atoms with van der Waals surface area (Å²) in [5.74, 6) is 0.0768. The van der Waals surface area contributed by atoms with E-state index in [-0.39, 0.29) is 0 Å². The molecule has 0 atom stereocenters. The van der Waals surface area contributed by atoms with E-state index in [1.165, 1.54) is 6.20 Å². The van der Waals surface area contributed by atoms with Gasteiger partial charge in [0.1, 0.15) is 5.82 Å². The Morgan fingerprint density at radius 1 is 1.53 bits per heavy atom. The Morgan fingerprint density at radius 2 is 2.24 bits per heavy atom. The van der Waals surface area contributed by atoms with Crippen LogP contribution in [0.3, 0.4) is 0 Å². The molecule has 0 fully saturated rings. The Hall–Kier alpha value is -1.82. The van der Waals surface area contributed by atoms with E-state index in [1.54, 1.807) is 6.07 Å². The van der Waals surface area contributed by atoms with Gasteiger partial charge < -0.3 is 21.7 Å². The number of nitrogen functional groups attached to an aromatic ring is 1. The maximum absolute atomic E-state index is 11.1. The average molecular weight is 237 g/mol. The van der Waals surface area contributed by atoms with Gasteiger partial charge >= 0.3 is 0 Å². The fourth-order valence-electron chi connectivity index (χ4n) is 1.39. The van der Waals surface area contributed by atoms with Crippen LogP contribution in [0.25, 0.3) is 0 Å². The van der Waals surface area contributed by atoms with Crippen LogP contribution < -0.4 is 16.8 Å². The van der Waals surface area contributed by atoms with Crippen LogP contribution in [-0.4, -0.2) is 43.0 Å². The van der Waals surface area contributed by atoms with Crippen LogP contribution in [0.4, 0.5) is 11.5 Å². The number of pyridine rings is 1. The molecule has 0 unspecified atom stereocenters. The molecule has 0 aromatic carbocycles. The minimum atomic E-state index is -0.541. The summed E-state index contributed by atoms with van der Waals surface area (Å²) < 4.78 is 0. The lowest BCUT2D eigenvalue weighted by Crippen LogP contribution is -2.17. The van der Waals surface area contributed by atoms with Crippen molar-refractivity contribution in [2.24, 2.45) is 5.73 Å². The van der Waals surface area contributed by atoms with E-state index in [0.717, 1.165) is 19.5 Å². The van der Waals surface area contributed by atoms with Crippen molar-refractivity contribution in [3.05, 3.63) is 17.8 Å². The van der Waals surface area contributed by atoms with Gasteiger partial charge in [0.05, 0.1) is 17.4 Å². The normalized spacial score (nSPS) is 10.5. The molecule has 0 radical (unpaired) electrons. The molecule has 0 aliphatic carbocycles. The minimum Gasteiger partial charge on any atom is -0.397 e. The number of hydrogen-bond acceptors (Lipinski definition) is 5. The number of aromatic nitrogens is 1. The van der Waals surface area contributed by atoms with Crippen LogP contribution in [0, 0.1) is 0 Å². The number of primary amides is 1. The summed E-state index contributed by atoms with van der Waals surface area (Å²) in [5, 5.41) is 3.12. The monoisotopic (exact) mass is 237 g/mol. The molecule has 0 aliphatic rings. The van der Waals surface area contributed by atoms with Gasteiger partial charge in [-0.05, 0) is 33.1 Å². The van der Waals surface area contributed by atoms with Crippen LogP contribution in [0.2, 0.25) is 0 Å². The maximum atomic E-state index is 11.1. The van der Waals surface area contributed by atoms with E-state index in [0.29, 0.717) is 17.1 Å². The third-order valence-electron chi connectivity index (χ3n) is 2.29. The second kappa shape index (κ2) is 6.05. The van der Waals surface area contributed by atoms with E-state index in [9.17, 15) is 4.79 Å². The van der Waals surface area contributed by atoms with Crippen molar-refractivity contribution in [3.8, 4) is 0 Å². The van der Waals surface area contributed by atoms with Crippen LogP contribution in [-0.2, 0) is 0 Å². The molecular weight excluding hydrogens is 218 g/mol. The maximum Gasteiger partial charge on any atom is 0.250 e. The highest BCUT2D eigenvalue weighted by atomic mass is 16.1. The number of hydrogen-bond donors (Lipinski definition) is 3. The lowest BCUT2D eigenvalue weighted by atomic mass is 10.2. The Morgan fingerprint density at radius 3 is 2.82 bits per heavy atom. The number of carbonyl (C=O) groups excluding carboxylic acids is 1. The highest BCUT2D eigenvalue weighted by molar-refractivity contribution is 5.98. The van der Waals surface area contributed by atoms with Gasteiger partial charge in [0.25, 0.3) is 5.91 Å². The zero-order chi connectivity index (χ0) is 12.8. The summed E-state index contributed by atoms with van der Waals surface area (Å²) in [6.07, 6.45) is 2.43. The molecule has 1 amide bonds. The first-order valence-corrected chi connectivity index (χ1v) is 5.44. The molecule has 6 heteroatoms. The number of carbonyl (C=O) groups is 1. The van der Waals surface area contributed by atoms with Crippen molar-refractivity contribution in [1.29, 1.82) is 0 Å². The van der Waals surface area contributed by atoms with Crippen molar-refractivity contribution < 1.29 is 4.79 Å². The van der Waals surface area contributed by atoms with Gasteiger partial charge in [-0.1, -0.05) is 0 Å². The number of nitrogens with zero attached hydrogens (tertiary/aromatic N) is 2. The van der Waals surface area contributed by atoms with E-state index in [4.69, 9.17) is 11.5 Å². The van der Waals surface area contributed by atoms with E-state index in [2.05, 4.69) is 15.2 Å². The smallest absolute Gasteiger partial charge is 0.250 e. The highest BCUT2D eigenvalue weighted by Gasteiger charge is 2.07. The van der Waals surface area contributed by atoms with Gasteiger partial charge in [-0.15, -0.1) is 0 Å². The first-order valence-electron chi connectivity index (χ1n) is 5.44. The van der Waals surface area contributed by atoms with Crippen molar-refractivity contribution in [2.75, 3.05) is 38.2 Å². The molecule has 0 saturated carbocycles. The van der Waals surface area contributed by atoms with Crippen molar-refractivity contribution in [1.82, 2.24) is 9.88 Å². The van der Waals surface area contributed by atoms with E-state index >= 15 is 0 Å². The third kappa shape index (κ3) is 4.28. The number of anilines is 2. The molecule has 1 heterocycles. The number of nitrogens with two attached hydrogens (primary N) is 2. The first-order chi connectivity index (χ1) is 8.00. The van der Waals surface area contributed by atoms with Crippen LogP contribution in [0.5, 0.6) is 0 Å². The molecule has 1 aromatic rings. The van der Waals surface area contributed by atoms with Gasteiger partial charge in [-0.2, -0.15) is 0 Å². The molecule has 1 aromatic heterocycles. The topological polar surface area (TPSA) is 97.3 Å². The molecule has 0 bridgehead atoms. The zero-order valence-electron chi connectivity index (χ0n) is 10.2. The molecule has 94 valence electrons. The fourth-order valence-corrected chi connectivity index (χ4v) is 1.39. The Bertz CT molecular complexity index is 391. The second-order valence-corrected chi connectivity index (χ2v) is 4.10. The zero-order valence-corrected chi connectivity index (χ0v) is 10.2. The minimum absolute atomic E-state index is 0.301. The molecule has 0 saturated heterocycles. The molecule has 5 N–H and O–H groups in total. The summed E-state index contributed by atoms with van der Waals surface area (Å²) in [6.45, 7) is 1.78. The summed E-state index contributed by atoms with van der Waals surface area (Å²) >= 11 is 0. The predicted octanol–water partition coefficient (Wildman–Crippen LogP) is 0.126. The van der Waals surface area contributed by atoms with Gasteiger partial charge in [-0.25, -0.2) is 4.98 Å². The Labute approximate surface area is 101 Å². The Balaban J connectivity index is 2.54. The Kier molecular flexibility index (Phi) is 4.71. The summed E-state index contributed by atoms with van der Waals surface area (Å²) in [5.41, 5.74) is 11.4. The SMILES string of the molecule is CN(C)CCCNc1cc(C(N)=O)c(N)cn1. The van der Waals surface area contributed by atoms with Gasteiger partial charge in [0.15, 0.2) is 0 Å². The number of amides is 1.